The first-order chi connectivity index (χ1) is 19.7. The molecular weight excluding hydrogens is 530 g/mol. The van der Waals surface area contributed by atoms with Crippen LogP contribution in [0.25, 0.3) is 10.9 Å². The maximum atomic E-state index is 13.3. The second kappa shape index (κ2) is 13.3. The Morgan fingerprint density at radius 3 is 2.37 bits per heavy atom. The molecule has 0 aliphatic carbocycles. The number of fused-ring (bicyclic) bond motifs is 1. The maximum absolute atomic E-state index is 13.3. The fourth-order valence-corrected chi connectivity index (χ4v) is 4.34. The summed E-state index contributed by atoms with van der Waals surface area (Å²) in [6.45, 7) is -0.452. The summed E-state index contributed by atoms with van der Waals surface area (Å²) in [6, 6.07) is 10.1. The van der Waals surface area contributed by atoms with Crippen LogP contribution in [0.3, 0.4) is 0 Å². The monoisotopic (exact) mass is 561 g/mol. The fraction of sp³-hybridized carbons (Fsp3) is 0.250. The van der Waals surface area contributed by atoms with E-state index >= 15 is 0 Å². The highest BCUT2D eigenvalue weighted by atomic mass is 16.4. The second-order valence-electron chi connectivity index (χ2n) is 9.56. The van der Waals surface area contributed by atoms with Crippen molar-refractivity contribution >= 4 is 34.6 Å². The Bertz CT molecular complexity index is 1500. The Kier molecular flexibility index (Phi) is 9.32. The highest BCUT2D eigenvalue weighted by Gasteiger charge is 2.28. The molecule has 0 radical (unpaired) electrons. The first kappa shape index (κ1) is 28.8. The van der Waals surface area contributed by atoms with Gasteiger partial charge in [-0.1, -0.05) is 30.3 Å². The number of H-pyrrole nitrogens is 2. The first-order valence-electron chi connectivity index (χ1n) is 12.9. The van der Waals surface area contributed by atoms with Crippen molar-refractivity contribution in [2.75, 3.05) is 6.54 Å². The Balaban J connectivity index is 1.42. The number of rotatable bonds is 13. The number of carboxylic acids is 1. The molecule has 41 heavy (non-hydrogen) atoms. The number of hydrogen-bond acceptors (Lipinski definition) is 7. The first-order valence-corrected chi connectivity index (χ1v) is 12.9. The van der Waals surface area contributed by atoms with Gasteiger partial charge in [-0.25, -0.2) is 9.78 Å². The molecule has 2 aromatic heterocycles. The number of nitrogens with one attached hydrogen (secondary N) is 5. The molecule has 3 amide bonds. The summed E-state index contributed by atoms with van der Waals surface area (Å²) in [4.78, 5) is 60.3. The average molecular weight is 562 g/mol. The zero-order valence-electron chi connectivity index (χ0n) is 22.0. The van der Waals surface area contributed by atoms with Gasteiger partial charge in [-0.15, -0.1) is 0 Å². The molecule has 13 heteroatoms. The average Bonchev–Trinajstić information content (AvgIpc) is 3.62. The van der Waals surface area contributed by atoms with Gasteiger partial charge in [0.2, 0.25) is 17.7 Å². The van der Waals surface area contributed by atoms with Crippen LogP contribution < -0.4 is 21.7 Å². The third-order valence-electron chi connectivity index (χ3n) is 6.50. The van der Waals surface area contributed by atoms with Gasteiger partial charge >= 0.3 is 5.97 Å². The van der Waals surface area contributed by atoms with Crippen LogP contribution in [-0.2, 0) is 38.4 Å². The number of carbonyl (C=O) groups excluding carboxylic acids is 3. The number of nitrogens with two attached hydrogens (primary N) is 1. The third-order valence-corrected chi connectivity index (χ3v) is 6.50. The van der Waals surface area contributed by atoms with Gasteiger partial charge in [0.1, 0.15) is 17.8 Å². The molecule has 13 nitrogen and oxygen atoms in total. The van der Waals surface area contributed by atoms with Crippen LogP contribution in [0.1, 0.15) is 16.8 Å². The highest BCUT2D eigenvalue weighted by molar-refractivity contribution is 5.93. The molecule has 4 rings (SSSR count). The summed E-state index contributed by atoms with van der Waals surface area (Å²) in [5, 5.41) is 27.8. The fourth-order valence-electron chi connectivity index (χ4n) is 4.34. The van der Waals surface area contributed by atoms with Crippen LogP contribution in [0, 0.1) is 0 Å². The molecule has 0 bridgehead atoms. The molecular formula is C28H31N7O6. The molecule has 0 aliphatic heterocycles. The number of nitrogens with zero attached hydrogens (tertiary/aromatic N) is 1. The Morgan fingerprint density at radius 1 is 0.902 bits per heavy atom. The lowest BCUT2D eigenvalue weighted by atomic mass is 10.0. The number of aromatic hydroxyl groups is 1. The molecule has 0 saturated carbocycles. The van der Waals surface area contributed by atoms with E-state index < -0.39 is 48.4 Å². The van der Waals surface area contributed by atoms with E-state index in [-0.39, 0.29) is 25.0 Å². The topological polar surface area (TPSA) is 215 Å². The quantitative estimate of drug-likeness (QED) is 0.112. The third kappa shape index (κ3) is 7.92. The van der Waals surface area contributed by atoms with E-state index in [0.717, 1.165) is 10.9 Å². The summed E-state index contributed by atoms with van der Waals surface area (Å²) >= 11 is 0. The minimum absolute atomic E-state index is 0.00453. The molecule has 4 aromatic rings. The molecule has 0 spiro atoms. The van der Waals surface area contributed by atoms with Gasteiger partial charge < -0.3 is 41.9 Å². The number of imidazole rings is 1. The molecule has 0 saturated heterocycles. The van der Waals surface area contributed by atoms with Crippen LogP contribution >= 0.6 is 0 Å². The Hall–Kier alpha value is -5.17. The van der Waals surface area contributed by atoms with Crippen molar-refractivity contribution in [3.8, 4) is 5.75 Å². The summed E-state index contributed by atoms with van der Waals surface area (Å²) in [6.07, 6.45) is 4.89. The van der Waals surface area contributed by atoms with Gasteiger partial charge in [0.05, 0.1) is 18.9 Å². The number of carbonyl (C=O) groups is 4. The number of aromatic amines is 2. The van der Waals surface area contributed by atoms with E-state index in [4.69, 9.17) is 5.73 Å². The molecule has 0 fully saturated rings. The van der Waals surface area contributed by atoms with Gasteiger partial charge in [-0.05, 0) is 29.3 Å². The van der Waals surface area contributed by atoms with Crippen LogP contribution in [0.4, 0.5) is 0 Å². The molecule has 0 aliphatic rings. The number of aromatic nitrogens is 3. The molecule has 214 valence electrons. The van der Waals surface area contributed by atoms with Crippen LogP contribution in [0.5, 0.6) is 5.75 Å². The van der Waals surface area contributed by atoms with Crippen molar-refractivity contribution in [1.82, 2.24) is 30.9 Å². The zero-order chi connectivity index (χ0) is 29.4. The molecule has 3 unspecified atom stereocenters. The minimum Gasteiger partial charge on any atom is -0.508 e. The van der Waals surface area contributed by atoms with Gasteiger partial charge in [-0.2, -0.15) is 0 Å². The summed E-state index contributed by atoms with van der Waals surface area (Å²) in [5.74, 6) is -3.18. The van der Waals surface area contributed by atoms with E-state index in [0.29, 0.717) is 16.8 Å². The largest absolute Gasteiger partial charge is 0.508 e. The van der Waals surface area contributed by atoms with E-state index in [1.54, 1.807) is 18.3 Å². The number of carboxylic acid groups (broad SMARTS) is 1. The maximum Gasteiger partial charge on any atom is 0.326 e. The number of aliphatic carboxylic acids is 1. The highest BCUT2D eigenvalue weighted by Crippen LogP contribution is 2.19. The zero-order valence-corrected chi connectivity index (χ0v) is 22.0. The van der Waals surface area contributed by atoms with Crippen molar-refractivity contribution in [3.05, 3.63) is 84.1 Å². The summed E-state index contributed by atoms with van der Waals surface area (Å²) in [5.41, 5.74) is 8.71. The number of phenolic OH excluding ortho intramolecular Hbond substituents is 1. The van der Waals surface area contributed by atoms with Gasteiger partial charge in [0.25, 0.3) is 0 Å². The second-order valence-corrected chi connectivity index (χ2v) is 9.56. The molecule has 2 aromatic carbocycles. The molecule has 2 heterocycles. The van der Waals surface area contributed by atoms with Crippen molar-refractivity contribution in [2.24, 2.45) is 5.73 Å². The van der Waals surface area contributed by atoms with E-state index in [9.17, 15) is 29.4 Å². The normalized spacial score (nSPS) is 13.2. The van der Waals surface area contributed by atoms with Crippen molar-refractivity contribution in [1.29, 1.82) is 0 Å². The van der Waals surface area contributed by atoms with Gasteiger partial charge in [0.15, 0.2) is 0 Å². The van der Waals surface area contributed by atoms with E-state index in [2.05, 4.69) is 30.9 Å². The Morgan fingerprint density at radius 2 is 1.66 bits per heavy atom. The summed E-state index contributed by atoms with van der Waals surface area (Å²) in [7, 11) is 0. The Labute approximate surface area is 234 Å². The van der Waals surface area contributed by atoms with Crippen LogP contribution in [0.15, 0.2) is 67.3 Å². The lowest BCUT2D eigenvalue weighted by Crippen LogP contribution is -2.55. The van der Waals surface area contributed by atoms with Crippen LogP contribution in [0.2, 0.25) is 0 Å². The predicted octanol–water partition coefficient (Wildman–Crippen LogP) is 0.122. The lowest BCUT2D eigenvalue weighted by Gasteiger charge is -2.22. The predicted molar refractivity (Wildman–Crippen MR) is 149 cm³/mol. The number of hydrogen-bond donors (Lipinski definition) is 8. The van der Waals surface area contributed by atoms with Crippen LogP contribution in [-0.4, -0.2) is 73.5 Å². The number of para-hydroxylation sites is 1. The number of amides is 3. The van der Waals surface area contributed by atoms with E-state index in [1.165, 1.54) is 24.7 Å². The smallest absolute Gasteiger partial charge is 0.326 e. The van der Waals surface area contributed by atoms with Gasteiger partial charge in [-0.3, -0.25) is 14.4 Å². The number of benzene rings is 2. The number of phenols is 1. The van der Waals surface area contributed by atoms with E-state index in [1.807, 2.05) is 24.3 Å². The molecule has 9 N–H and O–H groups in total. The SMILES string of the molecule is NC(Cc1cnc[nH]1)C(=O)NCC(=O)NC(Cc1ccc(O)cc1)C(=O)NC(Cc1c[nH]c2ccccc12)C(=O)O. The summed E-state index contributed by atoms with van der Waals surface area (Å²) < 4.78 is 0. The lowest BCUT2D eigenvalue weighted by molar-refractivity contribution is -0.142. The van der Waals surface area contributed by atoms with Gasteiger partial charge in [0, 0.05) is 48.3 Å². The molecule has 3 atom stereocenters. The van der Waals surface area contributed by atoms with Crippen molar-refractivity contribution < 1.29 is 29.4 Å². The van der Waals surface area contributed by atoms with Crippen molar-refractivity contribution in [2.45, 2.75) is 37.4 Å². The standard InChI is InChI=1S/C28H31N7O6/c29-21(11-18-13-30-15-33-18)26(38)32-14-25(37)34-23(9-16-5-7-19(36)8-6-16)27(39)35-24(28(40)41)10-17-12-31-22-4-2-1-3-20(17)22/h1-8,12-13,15,21,23-24,31,36H,9-11,14,29H2,(H,30,33)(H,32,38)(H,34,37)(H,35,39)(H,40,41). The minimum atomic E-state index is -1.28. The van der Waals surface area contributed by atoms with Crippen molar-refractivity contribution in [3.63, 3.8) is 0 Å².